The Kier molecular flexibility index (Phi) is 4.18. The number of rotatable bonds is 2. The van der Waals surface area contributed by atoms with Crippen molar-refractivity contribution < 1.29 is 0 Å². The highest BCUT2D eigenvalue weighted by Gasteiger charge is 2.27. The van der Waals surface area contributed by atoms with Crippen molar-refractivity contribution in [2.45, 2.75) is 32.1 Å². The maximum absolute atomic E-state index is 9.77. The topological polar surface area (TPSA) is 62.7 Å². The van der Waals surface area contributed by atoms with Crippen molar-refractivity contribution in [3.63, 3.8) is 0 Å². The van der Waals surface area contributed by atoms with E-state index >= 15 is 0 Å². The van der Waals surface area contributed by atoms with Crippen LogP contribution in [0.2, 0.25) is 0 Å². The van der Waals surface area contributed by atoms with E-state index in [1.807, 2.05) is 12.1 Å². The van der Waals surface area contributed by atoms with E-state index in [9.17, 15) is 5.26 Å². The largest absolute Gasteiger partial charge is 0.383 e. The highest BCUT2D eigenvalue weighted by atomic mass is 14.9. The molecule has 0 spiro atoms. The maximum Gasteiger partial charge on any atom is 0.142 e. The first-order valence-corrected chi connectivity index (χ1v) is 9.01. The second kappa shape index (κ2) is 6.65. The summed E-state index contributed by atoms with van der Waals surface area (Å²) in [6.45, 7) is 2.08. The molecule has 0 bridgehead atoms. The molecule has 3 heteroatoms. The molecule has 26 heavy (non-hydrogen) atoms. The van der Waals surface area contributed by atoms with Gasteiger partial charge in [0.1, 0.15) is 17.5 Å². The van der Waals surface area contributed by atoms with Gasteiger partial charge in [0, 0.05) is 11.3 Å². The molecule has 0 saturated heterocycles. The Labute approximate surface area is 154 Å². The second-order valence-electron chi connectivity index (χ2n) is 6.95. The minimum Gasteiger partial charge on any atom is -0.383 e. The molecule has 128 valence electrons. The van der Waals surface area contributed by atoms with E-state index in [2.05, 4.69) is 60.4 Å². The van der Waals surface area contributed by atoms with Crippen LogP contribution in [-0.2, 0) is 12.8 Å². The number of aromatic nitrogens is 1. The fourth-order valence-corrected chi connectivity index (χ4v) is 4.05. The van der Waals surface area contributed by atoms with E-state index in [1.165, 1.54) is 11.1 Å². The summed E-state index contributed by atoms with van der Waals surface area (Å²) in [6, 6.07) is 21.1. The quantitative estimate of drug-likeness (QED) is 0.730. The van der Waals surface area contributed by atoms with Crippen LogP contribution in [0, 0.1) is 18.3 Å². The lowest BCUT2D eigenvalue weighted by molar-refractivity contribution is 0.576. The van der Waals surface area contributed by atoms with Crippen LogP contribution in [0.4, 0.5) is 5.82 Å². The monoisotopic (exact) mass is 339 g/mol. The van der Waals surface area contributed by atoms with Crippen LogP contribution in [0.3, 0.4) is 0 Å². The van der Waals surface area contributed by atoms with Gasteiger partial charge < -0.3 is 5.73 Å². The molecule has 1 aliphatic rings. The first-order chi connectivity index (χ1) is 12.7. The number of nitrogen functional groups attached to an aromatic ring is 1. The predicted octanol–water partition coefficient (Wildman–Crippen LogP) is 4.78. The molecule has 1 heterocycles. The lowest BCUT2D eigenvalue weighted by Crippen LogP contribution is -2.17. The van der Waals surface area contributed by atoms with Crippen molar-refractivity contribution >= 4 is 5.82 Å². The smallest absolute Gasteiger partial charge is 0.142 e. The fraction of sp³-hybridized carbons (Fsp3) is 0.217. The SMILES string of the molecule is Cc1ccccc1-c1c(C#N)c(N)nc2c1CC(c1ccccc1)CC2. The lowest BCUT2D eigenvalue weighted by Gasteiger charge is -2.28. The molecule has 1 unspecified atom stereocenters. The zero-order valence-electron chi connectivity index (χ0n) is 14.9. The Morgan fingerprint density at radius 1 is 1.08 bits per heavy atom. The highest BCUT2D eigenvalue weighted by molar-refractivity contribution is 5.81. The number of pyridine rings is 1. The summed E-state index contributed by atoms with van der Waals surface area (Å²) in [6.07, 6.45) is 2.84. The third-order valence-corrected chi connectivity index (χ3v) is 5.39. The fourth-order valence-electron chi connectivity index (χ4n) is 4.05. The van der Waals surface area contributed by atoms with Gasteiger partial charge in [-0.25, -0.2) is 4.98 Å². The Bertz CT molecular complexity index is 1000. The molecule has 2 aromatic carbocycles. The van der Waals surface area contributed by atoms with Gasteiger partial charge in [-0.2, -0.15) is 5.26 Å². The maximum atomic E-state index is 9.77. The number of nitrogens with two attached hydrogens (primary N) is 1. The van der Waals surface area contributed by atoms with Crippen LogP contribution in [0.25, 0.3) is 11.1 Å². The van der Waals surface area contributed by atoms with Gasteiger partial charge in [0.2, 0.25) is 0 Å². The number of nitrogens with zero attached hydrogens (tertiary/aromatic N) is 2. The van der Waals surface area contributed by atoms with Gasteiger partial charge in [-0.1, -0.05) is 54.6 Å². The minimum absolute atomic E-state index is 0.350. The molecule has 3 nitrogen and oxygen atoms in total. The summed E-state index contributed by atoms with van der Waals surface area (Å²) in [4.78, 5) is 4.58. The van der Waals surface area contributed by atoms with Crippen LogP contribution in [0.5, 0.6) is 0 Å². The Balaban J connectivity index is 1.91. The van der Waals surface area contributed by atoms with Crippen molar-refractivity contribution in [1.82, 2.24) is 4.98 Å². The molecule has 0 aliphatic heterocycles. The van der Waals surface area contributed by atoms with E-state index in [4.69, 9.17) is 5.73 Å². The molecule has 0 fully saturated rings. The summed E-state index contributed by atoms with van der Waals surface area (Å²) in [5.41, 5.74) is 13.5. The zero-order chi connectivity index (χ0) is 18.1. The van der Waals surface area contributed by atoms with Gasteiger partial charge in [-0.3, -0.25) is 0 Å². The molecular weight excluding hydrogens is 318 g/mol. The van der Waals surface area contributed by atoms with Crippen LogP contribution >= 0.6 is 0 Å². The van der Waals surface area contributed by atoms with Crippen LogP contribution in [0.15, 0.2) is 54.6 Å². The van der Waals surface area contributed by atoms with Gasteiger partial charge in [-0.05, 0) is 54.4 Å². The van der Waals surface area contributed by atoms with E-state index in [1.54, 1.807) is 0 Å². The Morgan fingerprint density at radius 3 is 2.54 bits per heavy atom. The number of aryl methyl sites for hydroxylation is 2. The molecule has 2 N–H and O–H groups in total. The number of anilines is 1. The van der Waals surface area contributed by atoms with E-state index in [0.29, 0.717) is 17.3 Å². The molecule has 4 rings (SSSR count). The van der Waals surface area contributed by atoms with E-state index in [-0.39, 0.29) is 0 Å². The molecular formula is C23H21N3. The van der Waals surface area contributed by atoms with Crippen LogP contribution in [-0.4, -0.2) is 4.98 Å². The van der Waals surface area contributed by atoms with Crippen LogP contribution in [0.1, 0.15) is 40.3 Å². The molecule has 0 saturated carbocycles. The number of benzene rings is 2. The molecule has 3 aromatic rings. The summed E-state index contributed by atoms with van der Waals surface area (Å²) in [7, 11) is 0. The third kappa shape index (κ3) is 2.74. The Morgan fingerprint density at radius 2 is 1.81 bits per heavy atom. The molecule has 1 aromatic heterocycles. The lowest BCUT2D eigenvalue weighted by atomic mass is 9.78. The average molecular weight is 339 g/mol. The van der Waals surface area contributed by atoms with Crippen molar-refractivity contribution in [3.8, 4) is 17.2 Å². The number of hydrogen-bond donors (Lipinski definition) is 1. The minimum atomic E-state index is 0.350. The molecule has 1 aliphatic carbocycles. The van der Waals surface area contributed by atoms with Gasteiger partial charge in [0.05, 0.1) is 0 Å². The number of nitriles is 1. The third-order valence-electron chi connectivity index (χ3n) is 5.39. The first-order valence-electron chi connectivity index (χ1n) is 9.01. The average Bonchev–Trinajstić information content (AvgIpc) is 2.68. The summed E-state index contributed by atoms with van der Waals surface area (Å²) in [5, 5.41) is 9.77. The number of hydrogen-bond acceptors (Lipinski definition) is 3. The van der Waals surface area contributed by atoms with Crippen molar-refractivity contribution in [1.29, 1.82) is 5.26 Å². The van der Waals surface area contributed by atoms with Gasteiger partial charge >= 0.3 is 0 Å². The predicted molar refractivity (Wildman–Crippen MR) is 105 cm³/mol. The van der Waals surface area contributed by atoms with E-state index < -0.39 is 0 Å². The number of fused-ring (bicyclic) bond motifs is 1. The summed E-state index contributed by atoms with van der Waals surface area (Å²) >= 11 is 0. The normalized spacial score (nSPS) is 15.9. The zero-order valence-corrected chi connectivity index (χ0v) is 14.9. The molecule has 0 radical (unpaired) electrons. The van der Waals surface area contributed by atoms with Crippen molar-refractivity contribution in [3.05, 3.63) is 82.5 Å². The summed E-state index contributed by atoms with van der Waals surface area (Å²) < 4.78 is 0. The Hall–Kier alpha value is -3.12. The molecule has 0 amide bonds. The standard InChI is InChI=1S/C23H21N3/c1-15-7-5-6-10-18(15)22-19-13-17(16-8-3-2-4-9-16)11-12-21(19)26-23(25)20(22)14-24/h2-10,17H,11-13H2,1H3,(H2,25,26). The first kappa shape index (κ1) is 16.4. The van der Waals surface area contributed by atoms with Crippen molar-refractivity contribution in [2.24, 2.45) is 0 Å². The van der Waals surface area contributed by atoms with Crippen LogP contribution < -0.4 is 5.73 Å². The van der Waals surface area contributed by atoms with Gasteiger partial charge in [0.25, 0.3) is 0 Å². The summed E-state index contributed by atoms with van der Waals surface area (Å²) in [5.74, 6) is 0.797. The van der Waals surface area contributed by atoms with Gasteiger partial charge in [-0.15, -0.1) is 0 Å². The van der Waals surface area contributed by atoms with E-state index in [0.717, 1.165) is 41.6 Å². The van der Waals surface area contributed by atoms with Crippen molar-refractivity contribution in [2.75, 3.05) is 5.73 Å². The molecule has 1 atom stereocenters. The van der Waals surface area contributed by atoms with Gasteiger partial charge in [0.15, 0.2) is 0 Å². The second-order valence-corrected chi connectivity index (χ2v) is 6.95. The highest BCUT2D eigenvalue weighted by Crippen LogP contribution is 2.41.